The third kappa shape index (κ3) is 3.27. The van der Waals surface area contributed by atoms with Crippen LogP contribution in [0.3, 0.4) is 0 Å². The quantitative estimate of drug-likeness (QED) is 0.939. The summed E-state index contributed by atoms with van der Waals surface area (Å²) < 4.78 is 19.1. The molecule has 0 aliphatic rings. The Bertz CT molecular complexity index is 667. The summed E-state index contributed by atoms with van der Waals surface area (Å²) in [4.78, 5) is 0. The van der Waals surface area contributed by atoms with Crippen molar-refractivity contribution in [3.05, 3.63) is 63.9 Å². The van der Waals surface area contributed by atoms with Crippen LogP contribution in [0.2, 0.25) is 5.02 Å². The lowest BCUT2D eigenvalue weighted by Gasteiger charge is -2.09. The molecule has 0 fully saturated rings. The zero-order chi connectivity index (χ0) is 14.5. The lowest BCUT2D eigenvalue weighted by Crippen LogP contribution is -2.01. The number of rotatable bonds is 4. The number of nitrogens with zero attached hydrogens (tertiary/aromatic N) is 1. The van der Waals surface area contributed by atoms with Gasteiger partial charge in [0.2, 0.25) is 0 Å². The first-order valence-corrected chi connectivity index (χ1v) is 6.31. The molecule has 0 amide bonds. The van der Waals surface area contributed by atoms with E-state index in [1.54, 1.807) is 24.3 Å². The molecule has 0 unspecified atom stereocenters. The fraction of sp³-hybridized carbons (Fsp3) is 0.133. The number of benzene rings is 2. The Balaban J connectivity index is 2.11. The zero-order valence-corrected chi connectivity index (χ0v) is 11.3. The van der Waals surface area contributed by atoms with Gasteiger partial charge in [-0.15, -0.1) is 0 Å². The highest BCUT2D eigenvalue weighted by Gasteiger charge is 2.07. The highest BCUT2D eigenvalue weighted by molar-refractivity contribution is 6.31. The highest BCUT2D eigenvalue weighted by Crippen LogP contribution is 2.22. The van der Waals surface area contributed by atoms with Gasteiger partial charge in [0.15, 0.2) is 11.6 Å². The zero-order valence-electron chi connectivity index (χ0n) is 10.6. The van der Waals surface area contributed by atoms with Crippen molar-refractivity contribution in [2.75, 3.05) is 0 Å². The minimum atomic E-state index is -0.460. The Hall–Kier alpha value is -2.09. The Morgan fingerprint density at radius 2 is 2.05 bits per heavy atom. The molecule has 20 heavy (non-hydrogen) atoms. The van der Waals surface area contributed by atoms with Crippen LogP contribution >= 0.6 is 11.6 Å². The van der Waals surface area contributed by atoms with Crippen LogP contribution in [0.5, 0.6) is 5.75 Å². The molecule has 0 heterocycles. The van der Waals surface area contributed by atoms with Crippen LogP contribution in [-0.4, -0.2) is 0 Å². The van der Waals surface area contributed by atoms with E-state index in [1.165, 1.54) is 12.1 Å². The Kier molecular flexibility index (Phi) is 4.57. The van der Waals surface area contributed by atoms with Crippen LogP contribution in [0.4, 0.5) is 4.39 Å². The van der Waals surface area contributed by atoms with Gasteiger partial charge in [0.1, 0.15) is 6.61 Å². The van der Waals surface area contributed by atoms with Gasteiger partial charge in [-0.05, 0) is 29.8 Å². The molecule has 0 spiro atoms. The number of hydrogen-bond donors (Lipinski definition) is 1. The molecule has 0 atom stereocenters. The van der Waals surface area contributed by atoms with Crippen molar-refractivity contribution >= 4 is 11.6 Å². The molecule has 2 N–H and O–H groups in total. The summed E-state index contributed by atoms with van der Waals surface area (Å²) >= 11 is 6.02. The summed E-state index contributed by atoms with van der Waals surface area (Å²) in [6.45, 7) is 0.405. The molecule has 2 rings (SSSR count). The molecule has 0 aliphatic heterocycles. The summed E-state index contributed by atoms with van der Waals surface area (Å²) in [5.41, 5.74) is 7.29. The van der Waals surface area contributed by atoms with Crippen molar-refractivity contribution in [1.29, 1.82) is 5.26 Å². The fourth-order valence-electron chi connectivity index (χ4n) is 1.68. The maximum Gasteiger partial charge on any atom is 0.165 e. The summed E-state index contributed by atoms with van der Waals surface area (Å²) in [5, 5.41) is 9.17. The topological polar surface area (TPSA) is 59.0 Å². The first-order valence-electron chi connectivity index (χ1n) is 5.94. The molecule has 0 saturated heterocycles. The van der Waals surface area contributed by atoms with Gasteiger partial charge in [0.25, 0.3) is 0 Å². The summed E-state index contributed by atoms with van der Waals surface area (Å²) in [6.07, 6.45) is 0. The molecular weight excluding hydrogens is 279 g/mol. The molecular formula is C15H12ClFN2O. The second-order valence-corrected chi connectivity index (χ2v) is 4.58. The Morgan fingerprint density at radius 3 is 2.65 bits per heavy atom. The minimum Gasteiger partial charge on any atom is -0.486 e. The van der Waals surface area contributed by atoms with Crippen LogP contribution < -0.4 is 10.5 Å². The fourth-order valence-corrected chi connectivity index (χ4v) is 1.91. The maximum absolute atomic E-state index is 13.7. The van der Waals surface area contributed by atoms with Gasteiger partial charge in [-0.1, -0.05) is 23.7 Å². The van der Waals surface area contributed by atoms with Gasteiger partial charge < -0.3 is 10.5 Å². The molecule has 2 aromatic carbocycles. The third-order valence-corrected chi connectivity index (χ3v) is 3.15. The van der Waals surface area contributed by atoms with E-state index in [9.17, 15) is 4.39 Å². The lowest BCUT2D eigenvalue weighted by molar-refractivity contribution is 0.290. The van der Waals surface area contributed by atoms with Crippen molar-refractivity contribution in [3.8, 4) is 11.8 Å². The van der Waals surface area contributed by atoms with Crippen LogP contribution in [0.1, 0.15) is 16.7 Å². The van der Waals surface area contributed by atoms with E-state index < -0.39 is 5.82 Å². The second-order valence-electron chi connectivity index (χ2n) is 4.18. The average Bonchev–Trinajstić information content (AvgIpc) is 2.46. The Labute approximate surface area is 121 Å². The van der Waals surface area contributed by atoms with Gasteiger partial charge in [-0.25, -0.2) is 4.39 Å². The van der Waals surface area contributed by atoms with E-state index in [0.29, 0.717) is 21.7 Å². The van der Waals surface area contributed by atoms with E-state index in [1.807, 2.05) is 6.07 Å². The molecule has 2 aromatic rings. The minimum absolute atomic E-state index is 0.128. The monoisotopic (exact) mass is 290 g/mol. The summed E-state index contributed by atoms with van der Waals surface area (Å²) in [6, 6.07) is 11.5. The third-order valence-electron chi connectivity index (χ3n) is 2.80. The van der Waals surface area contributed by atoms with Gasteiger partial charge in [0, 0.05) is 17.1 Å². The van der Waals surface area contributed by atoms with E-state index in [4.69, 9.17) is 27.3 Å². The number of halogens is 2. The average molecular weight is 291 g/mol. The van der Waals surface area contributed by atoms with Crippen molar-refractivity contribution in [1.82, 2.24) is 0 Å². The van der Waals surface area contributed by atoms with Crippen LogP contribution in [0, 0.1) is 17.1 Å². The highest BCUT2D eigenvalue weighted by atomic mass is 35.5. The molecule has 102 valence electrons. The number of nitrogens with two attached hydrogens (primary N) is 1. The number of nitriles is 1. The number of ether oxygens (including phenoxy) is 1. The molecule has 0 aliphatic carbocycles. The SMILES string of the molecule is N#Cc1ccc(COc2ccc(CN)cc2F)c(Cl)c1. The van der Waals surface area contributed by atoms with E-state index in [-0.39, 0.29) is 18.9 Å². The first kappa shape index (κ1) is 14.3. The Morgan fingerprint density at radius 1 is 1.25 bits per heavy atom. The van der Waals surface area contributed by atoms with E-state index in [0.717, 1.165) is 0 Å². The predicted molar refractivity (Wildman–Crippen MR) is 74.8 cm³/mol. The second kappa shape index (κ2) is 6.38. The van der Waals surface area contributed by atoms with Crippen molar-refractivity contribution < 1.29 is 9.13 Å². The van der Waals surface area contributed by atoms with Crippen LogP contribution in [0.15, 0.2) is 36.4 Å². The van der Waals surface area contributed by atoms with Gasteiger partial charge in [0.05, 0.1) is 11.6 Å². The smallest absolute Gasteiger partial charge is 0.165 e. The molecule has 3 nitrogen and oxygen atoms in total. The molecule has 0 aromatic heterocycles. The molecule has 0 radical (unpaired) electrons. The largest absolute Gasteiger partial charge is 0.486 e. The molecule has 0 bridgehead atoms. The van der Waals surface area contributed by atoms with Gasteiger partial charge in [-0.2, -0.15) is 5.26 Å². The van der Waals surface area contributed by atoms with Crippen molar-refractivity contribution in [2.24, 2.45) is 5.73 Å². The predicted octanol–water partition coefficient (Wildman–Crippen LogP) is 3.39. The van der Waals surface area contributed by atoms with Gasteiger partial charge >= 0.3 is 0 Å². The maximum atomic E-state index is 13.7. The van der Waals surface area contributed by atoms with Crippen LogP contribution in [-0.2, 0) is 13.2 Å². The van der Waals surface area contributed by atoms with Crippen molar-refractivity contribution in [3.63, 3.8) is 0 Å². The summed E-state index contributed by atoms with van der Waals surface area (Å²) in [7, 11) is 0. The molecule has 0 saturated carbocycles. The van der Waals surface area contributed by atoms with E-state index >= 15 is 0 Å². The van der Waals surface area contributed by atoms with Gasteiger partial charge in [-0.3, -0.25) is 0 Å². The first-order chi connectivity index (χ1) is 9.63. The number of hydrogen-bond acceptors (Lipinski definition) is 3. The summed E-state index contributed by atoms with van der Waals surface area (Å²) in [5.74, 6) is -0.319. The van der Waals surface area contributed by atoms with E-state index in [2.05, 4.69) is 0 Å². The normalized spacial score (nSPS) is 10.1. The van der Waals surface area contributed by atoms with Crippen LogP contribution in [0.25, 0.3) is 0 Å². The van der Waals surface area contributed by atoms with Crippen molar-refractivity contribution in [2.45, 2.75) is 13.2 Å². The molecule has 5 heteroatoms. The lowest BCUT2D eigenvalue weighted by atomic mass is 10.1. The standard InChI is InChI=1S/C15H12ClFN2O/c16-13-5-10(7-18)1-3-12(13)9-20-15-4-2-11(8-19)6-14(15)17/h1-6H,8-9,19H2.